The van der Waals surface area contributed by atoms with Crippen molar-refractivity contribution in [3.63, 3.8) is 0 Å². The van der Waals surface area contributed by atoms with E-state index in [9.17, 15) is 13.2 Å². The molecule has 0 atom stereocenters. The largest absolute Gasteiger partial charge is 0.355 e. The van der Waals surface area contributed by atoms with E-state index in [-0.39, 0.29) is 29.5 Å². The summed E-state index contributed by atoms with van der Waals surface area (Å²) >= 11 is 0. The highest BCUT2D eigenvalue weighted by Gasteiger charge is 2.13. The number of nitrogens with zero attached hydrogens (tertiary/aromatic N) is 2. The monoisotopic (exact) mass is 307 g/mol. The fourth-order valence-electron chi connectivity index (χ4n) is 1.81. The molecule has 6 nitrogen and oxygen atoms in total. The standard InChI is InChI=1S/C14H17N3O3S/c18-14(7-11-17-10-4-8-16-17)15-9-12-21(19,20)13-5-2-1-3-6-13/h1-6,8,10H,7,9,11-12H2,(H,15,18). The quantitative estimate of drug-likeness (QED) is 0.823. The van der Waals surface area contributed by atoms with Gasteiger partial charge in [0.2, 0.25) is 5.91 Å². The fourth-order valence-corrected chi connectivity index (χ4v) is 2.99. The minimum atomic E-state index is -3.35. The van der Waals surface area contributed by atoms with Gasteiger partial charge in [0, 0.05) is 31.9 Å². The lowest BCUT2D eigenvalue weighted by molar-refractivity contribution is -0.121. The zero-order valence-corrected chi connectivity index (χ0v) is 12.3. The van der Waals surface area contributed by atoms with Crippen LogP contribution in [0.5, 0.6) is 0 Å². The van der Waals surface area contributed by atoms with Gasteiger partial charge in [0.15, 0.2) is 9.84 Å². The topological polar surface area (TPSA) is 81.1 Å². The number of rotatable bonds is 7. The maximum Gasteiger partial charge on any atom is 0.221 e. The zero-order valence-electron chi connectivity index (χ0n) is 11.5. The van der Waals surface area contributed by atoms with Gasteiger partial charge in [-0.05, 0) is 18.2 Å². The zero-order chi connectivity index (χ0) is 15.1. The van der Waals surface area contributed by atoms with E-state index < -0.39 is 9.84 Å². The highest BCUT2D eigenvalue weighted by molar-refractivity contribution is 7.91. The normalized spacial score (nSPS) is 11.2. The summed E-state index contributed by atoms with van der Waals surface area (Å²) in [6.45, 7) is 0.583. The van der Waals surface area contributed by atoms with Crippen molar-refractivity contribution in [1.29, 1.82) is 0 Å². The van der Waals surface area contributed by atoms with Crippen LogP contribution in [0, 0.1) is 0 Å². The van der Waals surface area contributed by atoms with Crippen LogP contribution in [0.1, 0.15) is 6.42 Å². The fraction of sp³-hybridized carbons (Fsp3) is 0.286. The average Bonchev–Trinajstić information content (AvgIpc) is 2.99. The molecule has 0 radical (unpaired) electrons. The lowest BCUT2D eigenvalue weighted by Crippen LogP contribution is -2.29. The summed E-state index contributed by atoms with van der Waals surface area (Å²) in [5.74, 6) is -0.293. The molecule has 2 aromatic rings. The first-order valence-corrected chi connectivity index (χ1v) is 8.25. The third kappa shape index (κ3) is 4.71. The Morgan fingerprint density at radius 2 is 1.95 bits per heavy atom. The Hall–Kier alpha value is -2.15. The van der Waals surface area contributed by atoms with Crippen molar-refractivity contribution in [2.45, 2.75) is 17.9 Å². The lowest BCUT2D eigenvalue weighted by atomic mass is 10.4. The molecule has 7 heteroatoms. The summed E-state index contributed by atoms with van der Waals surface area (Å²) in [5.41, 5.74) is 0. The second-order valence-electron chi connectivity index (χ2n) is 4.50. The second kappa shape index (κ2) is 7.03. The second-order valence-corrected chi connectivity index (χ2v) is 6.61. The summed E-state index contributed by atoms with van der Waals surface area (Å²) in [6, 6.07) is 10.00. The number of carbonyl (C=O) groups is 1. The number of hydrogen-bond donors (Lipinski definition) is 1. The molecule has 1 amide bonds. The average molecular weight is 307 g/mol. The van der Waals surface area contributed by atoms with Gasteiger partial charge in [0.05, 0.1) is 10.6 Å². The van der Waals surface area contributed by atoms with Crippen LogP contribution in [0.15, 0.2) is 53.7 Å². The molecule has 0 aliphatic rings. The Morgan fingerprint density at radius 3 is 2.62 bits per heavy atom. The van der Waals surface area contributed by atoms with Gasteiger partial charge in [0.25, 0.3) is 0 Å². The van der Waals surface area contributed by atoms with Crippen LogP contribution in [0.4, 0.5) is 0 Å². The molecular formula is C14H17N3O3S. The molecule has 1 N–H and O–H groups in total. The van der Waals surface area contributed by atoms with Crippen LogP contribution < -0.4 is 5.32 Å². The molecule has 0 saturated heterocycles. The molecule has 112 valence electrons. The van der Waals surface area contributed by atoms with E-state index in [0.29, 0.717) is 6.54 Å². The Balaban J connectivity index is 1.75. The smallest absolute Gasteiger partial charge is 0.221 e. The molecule has 0 aliphatic heterocycles. The molecule has 21 heavy (non-hydrogen) atoms. The Kier molecular flexibility index (Phi) is 5.10. The number of benzene rings is 1. The van der Waals surface area contributed by atoms with E-state index in [0.717, 1.165) is 0 Å². The predicted molar refractivity (Wildman–Crippen MR) is 78.3 cm³/mol. The maximum atomic E-state index is 12.0. The summed E-state index contributed by atoms with van der Waals surface area (Å²) in [6.07, 6.45) is 3.69. The van der Waals surface area contributed by atoms with Crippen LogP contribution in [0.2, 0.25) is 0 Å². The van der Waals surface area contributed by atoms with Gasteiger partial charge < -0.3 is 5.32 Å². The van der Waals surface area contributed by atoms with E-state index in [1.54, 1.807) is 53.5 Å². The molecule has 0 aliphatic carbocycles. The molecule has 1 heterocycles. The number of aromatic nitrogens is 2. The van der Waals surface area contributed by atoms with E-state index in [4.69, 9.17) is 0 Å². The van der Waals surface area contributed by atoms with Gasteiger partial charge in [-0.25, -0.2) is 8.42 Å². The number of nitrogens with one attached hydrogen (secondary N) is 1. The first-order valence-electron chi connectivity index (χ1n) is 6.60. The van der Waals surface area contributed by atoms with Crippen molar-refractivity contribution in [2.75, 3.05) is 12.3 Å². The van der Waals surface area contributed by atoms with Crippen molar-refractivity contribution in [3.8, 4) is 0 Å². The van der Waals surface area contributed by atoms with Crippen LogP contribution in [0.3, 0.4) is 0 Å². The van der Waals surface area contributed by atoms with E-state index in [2.05, 4.69) is 10.4 Å². The number of aryl methyl sites for hydroxylation is 1. The van der Waals surface area contributed by atoms with Gasteiger partial charge in [-0.15, -0.1) is 0 Å². The molecule has 0 spiro atoms. The summed E-state index contributed by atoms with van der Waals surface area (Å²) in [5, 5.41) is 6.60. The predicted octanol–water partition coefficient (Wildman–Crippen LogP) is 0.863. The van der Waals surface area contributed by atoms with Crippen molar-refractivity contribution in [2.24, 2.45) is 0 Å². The first kappa shape index (κ1) is 15.2. The Morgan fingerprint density at radius 1 is 1.19 bits per heavy atom. The third-order valence-corrected chi connectivity index (χ3v) is 4.65. The number of sulfone groups is 1. The first-order chi connectivity index (χ1) is 10.1. The molecule has 0 bridgehead atoms. The van der Waals surface area contributed by atoms with Crippen LogP contribution in [-0.4, -0.2) is 36.4 Å². The third-order valence-electron chi connectivity index (χ3n) is 2.92. The van der Waals surface area contributed by atoms with Gasteiger partial charge in [-0.1, -0.05) is 18.2 Å². The highest BCUT2D eigenvalue weighted by Crippen LogP contribution is 2.09. The minimum Gasteiger partial charge on any atom is -0.355 e. The molecular weight excluding hydrogens is 290 g/mol. The number of hydrogen-bond acceptors (Lipinski definition) is 4. The molecule has 0 unspecified atom stereocenters. The van der Waals surface area contributed by atoms with Crippen molar-refractivity contribution < 1.29 is 13.2 Å². The number of carbonyl (C=O) groups excluding carboxylic acids is 1. The molecule has 1 aromatic carbocycles. The molecule has 2 rings (SSSR count). The SMILES string of the molecule is O=C(CCn1cccn1)NCCS(=O)(=O)c1ccccc1. The molecule has 0 fully saturated rings. The van der Waals surface area contributed by atoms with Gasteiger partial charge in [0.1, 0.15) is 0 Å². The van der Waals surface area contributed by atoms with E-state index in [1.807, 2.05) is 0 Å². The summed E-state index contributed by atoms with van der Waals surface area (Å²) < 4.78 is 25.6. The van der Waals surface area contributed by atoms with Gasteiger partial charge in [-0.2, -0.15) is 5.10 Å². The van der Waals surface area contributed by atoms with Gasteiger partial charge >= 0.3 is 0 Å². The highest BCUT2D eigenvalue weighted by atomic mass is 32.2. The maximum absolute atomic E-state index is 12.0. The van der Waals surface area contributed by atoms with Crippen LogP contribution in [-0.2, 0) is 21.2 Å². The van der Waals surface area contributed by atoms with E-state index >= 15 is 0 Å². The molecule has 0 saturated carbocycles. The Bertz CT molecular complexity index is 667. The van der Waals surface area contributed by atoms with Crippen LogP contribution >= 0.6 is 0 Å². The van der Waals surface area contributed by atoms with Gasteiger partial charge in [-0.3, -0.25) is 9.48 Å². The van der Waals surface area contributed by atoms with Crippen LogP contribution in [0.25, 0.3) is 0 Å². The Labute approximate surface area is 123 Å². The lowest BCUT2D eigenvalue weighted by Gasteiger charge is -2.07. The minimum absolute atomic E-state index is 0.106. The number of amides is 1. The van der Waals surface area contributed by atoms with Crippen molar-refractivity contribution in [1.82, 2.24) is 15.1 Å². The van der Waals surface area contributed by atoms with E-state index in [1.165, 1.54) is 0 Å². The summed E-state index contributed by atoms with van der Waals surface area (Å²) in [7, 11) is -3.35. The molecule has 1 aromatic heterocycles. The van der Waals surface area contributed by atoms with Crippen molar-refractivity contribution >= 4 is 15.7 Å². The van der Waals surface area contributed by atoms with Crippen molar-refractivity contribution in [3.05, 3.63) is 48.8 Å². The summed E-state index contributed by atoms with van der Waals surface area (Å²) in [4.78, 5) is 11.9.